The normalized spacial score (nSPS) is 11.1. The Labute approximate surface area is 160 Å². The highest BCUT2D eigenvalue weighted by molar-refractivity contribution is 6.30. The van der Waals surface area contributed by atoms with E-state index in [2.05, 4.69) is 24.1 Å². The Morgan fingerprint density at radius 3 is 2.48 bits per heavy atom. The molecular formula is C20H26Cl2N2O. The zero-order valence-electron chi connectivity index (χ0n) is 14.9. The summed E-state index contributed by atoms with van der Waals surface area (Å²) >= 11 is 12.2. The van der Waals surface area contributed by atoms with Crippen molar-refractivity contribution in [2.45, 2.75) is 27.0 Å². The van der Waals surface area contributed by atoms with E-state index in [9.17, 15) is 0 Å². The fraction of sp³-hybridized carbons (Fsp3) is 0.400. The molecule has 0 aliphatic rings. The van der Waals surface area contributed by atoms with Crippen molar-refractivity contribution < 1.29 is 4.74 Å². The van der Waals surface area contributed by atoms with Gasteiger partial charge in [0.1, 0.15) is 12.4 Å². The highest BCUT2D eigenvalue weighted by Crippen LogP contribution is 2.24. The minimum atomic E-state index is 0.481. The van der Waals surface area contributed by atoms with Crippen molar-refractivity contribution in [1.82, 2.24) is 10.2 Å². The predicted molar refractivity (Wildman–Crippen MR) is 107 cm³/mol. The average molecular weight is 381 g/mol. The molecule has 2 aromatic carbocycles. The molecule has 0 spiro atoms. The Morgan fingerprint density at radius 1 is 1.00 bits per heavy atom. The summed E-state index contributed by atoms with van der Waals surface area (Å²) in [5.74, 6) is 0.847. The van der Waals surface area contributed by atoms with Crippen molar-refractivity contribution in [1.29, 1.82) is 0 Å². The van der Waals surface area contributed by atoms with E-state index in [0.717, 1.165) is 59.6 Å². The van der Waals surface area contributed by atoms with Gasteiger partial charge in [-0.3, -0.25) is 0 Å². The summed E-state index contributed by atoms with van der Waals surface area (Å²) in [5.41, 5.74) is 2.11. The molecule has 2 rings (SSSR count). The van der Waals surface area contributed by atoms with Crippen LogP contribution >= 0.6 is 23.2 Å². The molecule has 0 fully saturated rings. The first-order chi connectivity index (χ1) is 12.1. The minimum Gasteiger partial charge on any atom is -0.489 e. The van der Waals surface area contributed by atoms with Gasteiger partial charge < -0.3 is 15.0 Å². The molecule has 25 heavy (non-hydrogen) atoms. The van der Waals surface area contributed by atoms with Crippen LogP contribution in [-0.2, 0) is 13.2 Å². The first-order valence-electron chi connectivity index (χ1n) is 8.71. The Bertz CT molecular complexity index is 660. The summed E-state index contributed by atoms with van der Waals surface area (Å²) in [4.78, 5) is 2.39. The van der Waals surface area contributed by atoms with Crippen molar-refractivity contribution in [3.63, 3.8) is 0 Å². The number of likely N-dealkylation sites (N-methyl/N-ethyl adjacent to an activating group) is 1. The van der Waals surface area contributed by atoms with Crippen LogP contribution in [0.4, 0.5) is 0 Å². The summed E-state index contributed by atoms with van der Waals surface area (Å²) in [6, 6.07) is 13.4. The topological polar surface area (TPSA) is 24.5 Å². The zero-order valence-corrected chi connectivity index (χ0v) is 16.4. The molecule has 1 N–H and O–H groups in total. The molecule has 0 unspecified atom stereocenters. The second-order valence-corrected chi connectivity index (χ2v) is 6.75. The van der Waals surface area contributed by atoms with Crippen molar-refractivity contribution >= 4 is 23.2 Å². The van der Waals surface area contributed by atoms with Crippen molar-refractivity contribution in [3.8, 4) is 5.75 Å². The molecule has 0 atom stereocenters. The van der Waals surface area contributed by atoms with Crippen LogP contribution in [0.15, 0.2) is 42.5 Å². The Hall–Kier alpha value is -1.26. The molecule has 0 aliphatic carbocycles. The summed E-state index contributed by atoms with van der Waals surface area (Å²) in [7, 11) is 0. The lowest BCUT2D eigenvalue weighted by Gasteiger charge is -2.18. The molecule has 0 amide bonds. The Balaban J connectivity index is 1.92. The highest BCUT2D eigenvalue weighted by atomic mass is 35.5. The zero-order chi connectivity index (χ0) is 18.1. The first-order valence-corrected chi connectivity index (χ1v) is 9.46. The second kappa shape index (κ2) is 10.7. The molecule has 0 radical (unpaired) electrons. The van der Waals surface area contributed by atoms with Crippen LogP contribution in [0, 0.1) is 0 Å². The number of ether oxygens (including phenoxy) is 1. The number of hydrogen-bond donors (Lipinski definition) is 1. The average Bonchev–Trinajstić information content (AvgIpc) is 2.61. The van der Waals surface area contributed by atoms with E-state index in [4.69, 9.17) is 27.9 Å². The number of nitrogens with zero attached hydrogens (tertiary/aromatic N) is 1. The van der Waals surface area contributed by atoms with Gasteiger partial charge in [0.15, 0.2) is 0 Å². The van der Waals surface area contributed by atoms with E-state index in [1.807, 2.05) is 42.5 Å². The lowest BCUT2D eigenvalue weighted by molar-refractivity contribution is 0.296. The van der Waals surface area contributed by atoms with Crippen molar-refractivity contribution in [3.05, 3.63) is 63.6 Å². The van der Waals surface area contributed by atoms with Gasteiger partial charge in [0.2, 0.25) is 0 Å². The number of hydrogen-bond acceptors (Lipinski definition) is 3. The minimum absolute atomic E-state index is 0.481. The van der Waals surface area contributed by atoms with Gasteiger partial charge in [-0.25, -0.2) is 0 Å². The summed E-state index contributed by atoms with van der Waals surface area (Å²) in [6.07, 6.45) is 0. The van der Waals surface area contributed by atoms with E-state index in [1.165, 1.54) is 0 Å². The third-order valence-electron chi connectivity index (χ3n) is 4.12. The maximum atomic E-state index is 6.15. The van der Waals surface area contributed by atoms with Crippen molar-refractivity contribution in [2.75, 3.05) is 26.2 Å². The van der Waals surface area contributed by atoms with Crippen LogP contribution in [0.1, 0.15) is 25.0 Å². The molecule has 0 saturated carbocycles. The monoisotopic (exact) mass is 380 g/mol. The van der Waals surface area contributed by atoms with Crippen LogP contribution in [0.2, 0.25) is 10.0 Å². The van der Waals surface area contributed by atoms with Crippen LogP contribution in [0.25, 0.3) is 0 Å². The fourth-order valence-corrected chi connectivity index (χ4v) is 3.02. The van der Waals surface area contributed by atoms with Gasteiger partial charge >= 0.3 is 0 Å². The molecular weight excluding hydrogens is 355 g/mol. The van der Waals surface area contributed by atoms with Gasteiger partial charge in [0.05, 0.1) is 0 Å². The van der Waals surface area contributed by atoms with Crippen LogP contribution in [-0.4, -0.2) is 31.1 Å². The number of benzene rings is 2. The van der Waals surface area contributed by atoms with Crippen LogP contribution in [0.5, 0.6) is 5.75 Å². The number of nitrogens with one attached hydrogen (secondary N) is 1. The molecule has 0 saturated heterocycles. The third-order valence-corrected chi connectivity index (χ3v) is 4.59. The van der Waals surface area contributed by atoms with Crippen LogP contribution < -0.4 is 10.1 Å². The third kappa shape index (κ3) is 6.87. The van der Waals surface area contributed by atoms with Gasteiger partial charge in [0.25, 0.3) is 0 Å². The standard InChI is InChI=1S/C20H26Cl2N2O/c1-3-24(4-2)11-10-23-14-17-13-19(22)8-9-20(17)25-15-16-6-5-7-18(21)12-16/h5-9,12-13,23H,3-4,10-11,14-15H2,1-2H3. The molecule has 5 heteroatoms. The van der Waals surface area contributed by atoms with Crippen LogP contribution in [0.3, 0.4) is 0 Å². The number of rotatable bonds is 10. The first kappa shape index (κ1) is 20.1. The summed E-state index contributed by atoms with van der Waals surface area (Å²) < 4.78 is 5.99. The highest BCUT2D eigenvalue weighted by Gasteiger charge is 2.06. The SMILES string of the molecule is CCN(CC)CCNCc1cc(Cl)ccc1OCc1cccc(Cl)c1. The second-order valence-electron chi connectivity index (χ2n) is 5.87. The molecule has 2 aromatic rings. The molecule has 0 aromatic heterocycles. The molecule has 136 valence electrons. The van der Waals surface area contributed by atoms with E-state index < -0.39 is 0 Å². The van der Waals surface area contributed by atoms with E-state index in [1.54, 1.807) is 0 Å². The summed E-state index contributed by atoms with van der Waals surface area (Å²) in [6.45, 7) is 9.69. The van der Waals surface area contributed by atoms with E-state index >= 15 is 0 Å². The smallest absolute Gasteiger partial charge is 0.124 e. The quantitative estimate of drug-likeness (QED) is 0.586. The maximum Gasteiger partial charge on any atom is 0.124 e. The molecule has 0 aliphatic heterocycles. The largest absolute Gasteiger partial charge is 0.489 e. The predicted octanol–water partition coefficient (Wildman–Crippen LogP) is 5.00. The van der Waals surface area contributed by atoms with Gasteiger partial charge in [-0.05, 0) is 49.0 Å². The van der Waals surface area contributed by atoms with Crippen molar-refractivity contribution in [2.24, 2.45) is 0 Å². The Morgan fingerprint density at radius 2 is 1.76 bits per heavy atom. The van der Waals surface area contributed by atoms with Gasteiger partial charge in [0, 0.05) is 35.2 Å². The van der Waals surface area contributed by atoms with E-state index in [-0.39, 0.29) is 0 Å². The molecule has 0 bridgehead atoms. The molecule has 3 nitrogen and oxygen atoms in total. The fourth-order valence-electron chi connectivity index (χ4n) is 2.61. The lowest BCUT2D eigenvalue weighted by atomic mass is 10.2. The van der Waals surface area contributed by atoms with E-state index in [0.29, 0.717) is 6.61 Å². The lowest BCUT2D eigenvalue weighted by Crippen LogP contribution is -2.31. The van der Waals surface area contributed by atoms with Gasteiger partial charge in [-0.2, -0.15) is 0 Å². The van der Waals surface area contributed by atoms with Gasteiger partial charge in [-0.1, -0.05) is 49.2 Å². The molecule has 0 heterocycles. The number of halogens is 2. The summed E-state index contributed by atoms with van der Waals surface area (Å²) in [5, 5.41) is 4.91. The van der Waals surface area contributed by atoms with Gasteiger partial charge in [-0.15, -0.1) is 0 Å². The Kier molecular flexibility index (Phi) is 8.56. The maximum absolute atomic E-state index is 6.15.